The van der Waals surface area contributed by atoms with Crippen molar-refractivity contribution in [3.05, 3.63) is 28.8 Å². The van der Waals surface area contributed by atoms with Crippen molar-refractivity contribution < 1.29 is 0 Å². The van der Waals surface area contributed by atoms with Crippen LogP contribution in [0.1, 0.15) is 5.56 Å². The maximum Gasteiger partial charge on any atom is 0.0614 e. The third-order valence-corrected chi connectivity index (χ3v) is 1.65. The molecule has 0 heterocycles. The Morgan fingerprint density at radius 1 is 1.40 bits per heavy atom. The second-order valence-electron chi connectivity index (χ2n) is 2.15. The summed E-state index contributed by atoms with van der Waals surface area (Å²) < 4.78 is 0. The maximum absolute atomic E-state index is 5.74. The number of hydrogen-bond donors (Lipinski definition) is 0. The highest BCUT2D eigenvalue weighted by atomic mass is 35.5. The summed E-state index contributed by atoms with van der Waals surface area (Å²) in [5.41, 5.74) is 2.12. The first-order chi connectivity index (χ1) is 4.74. The van der Waals surface area contributed by atoms with Gasteiger partial charge in [0.05, 0.1) is 5.69 Å². The molecule has 0 aliphatic rings. The minimum Gasteiger partial charge on any atom is -0.288 e. The van der Waals surface area contributed by atoms with E-state index in [4.69, 9.17) is 11.6 Å². The average Bonchev–Trinajstić information content (AvgIpc) is 1.94. The molecule has 53 valence electrons. The molecule has 0 aliphatic heterocycles. The Labute approximate surface area is 66.0 Å². The van der Waals surface area contributed by atoms with Crippen molar-refractivity contribution in [2.45, 2.75) is 6.92 Å². The van der Waals surface area contributed by atoms with E-state index < -0.39 is 0 Å². The Balaban J connectivity index is 3.09. The number of rotatable bonds is 1. The zero-order valence-corrected chi connectivity index (χ0v) is 6.81. The number of halogens is 1. The molecule has 0 amide bonds. The predicted molar refractivity (Wildman–Crippen MR) is 43.9 cm³/mol. The van der Waals surface area contributed by atoms with Gasteiger partial charge in [-0.05, 0) is 24.6 Å². The fourth-order valence-corrected chi connectivity index (χ4v) is 0.990. The van der Waals surface area contributed by atoms with Crippen LogP contribution in [0.2, 0.25) is 5.02 Å². The second-order valence-corrected chi connectivity index (χ2v) is 2.59. The van der Waals surface area contributed by atoms with E-state index in [2.05, 4.69) is 5.32 Å². The molecule has 1 rings (SSSR count). The Hall–Kier alpha value is -0.690. The molecule has 0 saturated carbocycles. The molecule has 10 heavy (non-hydrogen) atoms. The van der Waals surface area contributed by atoms with Crippen LogP contribution in [0.25, 0.3) is 0 Å². The first-order valence-corrected chi connectivity index (χ1v) is 3.48. The fourth-order valence-electron chi connectivity index (χ4n) is 0.823. The molecule has 0 fully saturated rings. The minimum absolute atomic E-state index is 0.742. The van der Waals surface area contributed by atoms with Crippen molar-refractivity contribution >= 4 is 17.3 Å². The largest absolute Gasteiger partial charge is 0.288 e. The Bertz CT molecular complexity index is 233. The topological polar surface area (TPSA) is 14.1 Å². The smallest absolute Gasteiger partial charge is 0.0614 e. The molecule has 0 aliphatic carbocycles. The van der Waals surface area contributed by atoms with Crippen molar-refractivity contribution in [3.8, 4) is 0 Å². The molecule has 0 spiro atoms. The molecular formula is C8H9ClN. The monoisotopic (exact) mass is 154 g/mol. The van der Waals surface area contributed by atoms with Gasteiger partial charge in [-0.2, -0.15) is 0 Å². The van der Waals surface area contributed by atoms with Crippen LogP contribution in [0.5, 0.6) is 0 Å². The summed E-state index contributed by atoms with van der Waals surface area (Å²) in [6.07, 6.45) is 0. The molecule has 1 radical (unpaired) electrons. The highest BCUT2D eigenvalue weighted by molar-refractivity contribution is 6.30. The summed E-state index contributed by atoms with van der Waals surface area (Å²) in [4.78, 5) is 0. The molecule has 0 bridgehead atoms. The van der Waals surface area contributed by atoms with E-state index in [-0.39, 0.29) is 0 Å². The minimum atomic E-state index is 0.742. The molecule has 1 aromatic carbocycles. The second kappa shape index (κ2) is 2.93. The predicted octanol–water partition coefficient (Wildman–Crippen LogP) is 2.51. The van der Waals surface area contributed by atoms with Gasteiger partial charge in [-0.3, -0.25) is 5.32 Å². The van der Waals surface area contributed by atoms with Crippen LogP contribution in [0.3, 0.4) is 0 Å². The van der Waals surface area contributed by atoms with Gasteiger partial charge in [-0.1, -0.05) is 17.7 Å². The van der Waals surface area contributed by atoms with Crippen LogP contribution in [0.15, 0.2) is 18.2 Å². The SMILES string of the molecule is C[N]c1cc(Cl)ccc1C. The normalized spacial score (nSPS) is 9.50. The van der Waals surface area contributed by atoms with Gasteiger partial charge in [-0.15, -0.1) is 0 Å². The van der Waals surface area contributed by atoms with Crippen LogP contribution in [0.4, 0.5) is 5.69 Å². The average molecular weight is 155 g/mol. The van der Waals surface area contributed by atoms with Crippen LogP contribution < -0.4 is 5.32 Å². The quantitative estimate of drug-likeness (QED) is 0.590. The van der Waals surface area contributed by atoms with Gasteiger partial charge in [0.1, 0.15) is 0 Å². The first-order valence-electron chi connectivity index (χ1n) is 3.10. The zero-order valence-electron chi connectivity index (χ0n) is 6.06. The molecule has 0 aromatic heterocycles. The Morgan fingerprint density at radius 3 is 2.60 bits per heavy atom. The molecule has 0 unspecified atom stereocenters. The summed E-state index contributed by atoms with van der Waals surface area (Å²) in [7, 11) is 1.76. The molecule has 0 saturated heterocycles. The molecular weight excluding hydrogens is 146 g/mol. The van der Waals surface area contributed by atoms with E-state index in [1.54, 1.807) is 7.05 Å². The zero-order chi connectivity index (χ0) is 7.56. The summed E-state index contributed by atoms with van der Waals surface area (Å²) in [5, 5.41) is 4.79. The van der Waals surface area contributed by atoms with Crippen LogP contribution >= 0.6 is 11.6 Å². The summed E-state index contributed by atoms with van der Waals surface area (Å²) >= 11 is 5.74. The molecule has 1 nitrogen and oxygen atoms in total. The van der Waals surface area contributed by atoms with E-state index in [0.717, 1.165) is 16.3 Å². The van der Waals surface area contributed by atoms with Crippen LogP contribution in [-0.4, -0.2) is 7.05 Å². The van der Waals surface area contributed by atoms with E-state index in [1.807, 2.05) is 25.1 Å². The summed E-state index contributed by atoms with van der Waals surface area (Å²) in [6, 6.07) is 5.69. The Morgan fingerprint density at radius 2 is 2.10 bits per heavy atom. The maximum atomic E-state index is 5.74. The number of nitrogens with zero attached hydrogens (tertiary/aromatic N) is 1. The van der Waals surface area contributed by atoms with Gasteiger partial charge in [-0.25, -0.2) is 0 Å². The van der Waals surface area contributed by atoms with Crippen LogP contribution in [-0.2, 0) is 0 Å². The van der Waals surface area contributed by atoms with Crippen molar-refractivity contribution in [3.63, 3.8) is 0 Å². The van der Waals surface area contributed by atoms with Crippen molar-refractivity contribution in [1.29, 1.82) is 0 Å². The summed E-state index contributed by atoms with van der Waals surface area (Å²) in [6.45, 7) is 2.01. The van der Waals surface area contributed by atoms with Gasteiger partial charge < -0.3 is 0 Å². The molecule has 2 heteroatoms. The third-order valence-electron chi connectivity index (χ3n) is 1.41. The number of hydrogen-bond acceptors (Lipinski definition) is 0. The van der Waals surface area contributed by atoms with Gasteiger partial charge in [0, 0.05) is 12.1 Å². The lowest BCUT2D eigenvalue weighted by Crippen LogP contribution is -1.88. The number of benzene rings is 1. The number of aryl methyl sites for hydroxylation is 1. The first kappa shape index (κ1) is 7.42. The van der Waals surface area contributed by atoms with Gasteiger partial charge in [0.15, 0.2) is 0 Å². The van der Waals surface area contributed by atoms with E-state index in [9.17, 15) is 0 Å². The van der Waals surface area contributed by atoms with E-state index >= 15 is 0 Å². The van der Waals surface area contributed by atoms with Crippen molar-refractivity contribution in [2.24, 2.45) is 0 Å². The fraction of sp³-hybridized carbons (Fsp3) is 0.250. The van der Waals surface area contributed by atoms with Crippen molar-refractivity contribution in [2.75, 3.05) is 7.05 Å². The lowest BCUT2D eigenvalue weighted by atomic mass is 10.2. The highest BCUT2D eigenvalue weighted by Gasteiger charge is 1.95. The van der Waals surface area contributed by atoms with Gasteiger partial charge in [0.2, 0.25) is 0 Å². The lowest BCUT2D eigenvalue weighted by molar-refractivity contribution is 1.07. The lowest BCUT2D eigenvalue weighted by Gasteiger charge is -2.01. The van der Waals surface area contributed by atoms with Crippen molar-refractivity contribution in [1.82, 2.24) is 5.32 Å². The van der Waals surface area contributed by atoms with Gasteiger partial charge >= 0.3 is 0 Å². The van der Waals surface area contributed by atoms with E-state index in [1.165, 1.54) is 0 Å². The van der Waals surface area contributed by atoms with Crippen LogP contribution in [0, 0.1) is 6.92 Å². The molecule has 0 atom stereocenters. The standard InChI is InChI=1S/C8H9ClN/c1-6-3-4-7(9)5-8(6)10-2/h3-5H,1-2H3. The molecule has 1 aromatic rings. The Kier molecular flexibility index (Phi) is 2.17. The van der Waals surface area contributed by atoms with E-state index in [0.29, 0.717) is 0 Å². The highest BCUT2D eigenvalue weighted by Crippen LogP contribution is 2.19. The van der Waals surface area contributed by atoms with Gasteiger partial charge in [0.25, 0.3) is 0 Å². The third kappa shape index (κ3) is 1.42. The summed E-state index contributed by atoms with van der Waals surface area (Å²) in [5.74, 6) is 0. The molecule has 0 N–H and O–H groups in total.